The van der Waals surface area contributed by atoms with Crippen molar-refractivity contribution in [3.05, 3.63) is 71.0 Å². The number of carbonyl (C=O) groups is 2. The molecule has 31 heavy (non-hydrogen) atoms. The van der Waals surface area contributed by atoms with Crippen LogP contribution in [0.25, 0.3) is 11.3 Å². The fraction of sp³-hybridized carbons (Fsp3) is 0.238. The molecule has 1 aromatic carbocycles. The molecule has 3 heterocycles. The number of nitrogens with one attached hydrogen (secondary N) is 1. The third kappa shape index (κ3) is 5.72. The summed E-state index contributed by atoms with van der Waals surface area (Å²) in [6.45, 7) is 2.58. The van der Waals surface area contributed by atoms with E-state index in [4.69, 9.17) is 9.90 Å². The van der Waals surface area contributed by atoms with E-state index < -0.39 is 0 Å². The van der Waals surface area contributed by atoms with Crippen LogP contribution in [0.4, 0.5) is 5.95 Å². The maximum absolute atomic E-state index is 12.9. The predicted molar refractivity (Wildman–Crippen MR) is 114 cm³/mol. The summed E-state index contributed by atoms with van der Waals surface area (Å²) in [5.41, 5.74) is 1.79. The van der Waals surface area contributed by atoms with Crippen LogP contribution in [0.5, 0.6) is 0 Å². The van der Waals surface area contributed by atoms with Crippen molar-refractivity contribution in [2.75, 3.05) is 31.1 Å². The van der Waals surface area contributed by atoms with E-state index in [0.717, 1.165) is 18.5 Å². The number of carbonyl (C=O) groups excluding carboxylic acids is 1. The lowest BCUT2D eigenvalue weighted by Gasteiger charge is -2.22. The molecule has 1 saturated heterocycles. The summed E-state index contributed by atoms with van der Waals surface area (Å²) in [5, 5.41) is 6.89. The fourth-order valence-electron chi connectivity index (χ4n) is 3.27. The molecule has 1 aliphatic heterocycles. The first-order valence-corrected chi connectivity index (χ1v) is 9.66. The van der Waals surface area contributed by atoms with Crippen LogP contribution in [0.15, 0.2) is 59.9 Å². The second kappa shape index (κ2) is 10.6. The highest BCUT2D eigenvalue weighted by molar-refractivity contribution is 5.94. The van der Waals surface area contributed by atoms with E-state index in [0.29, 0.717) is 36.8 Å². The SMILES string of the molecule is O=C(c1ccc(-c2cc(=O)[nH]cn2)cc1)N1CCCN(c2ncccn2)CC1.O=CO. The van der Waals surface area contributed by atoms with E-state index in [1.807, 2.05) is 17.0 Å². The summed E-state index contributed by atoms with van der Waals surface area (Å²) in [7, 11) is 0. The molecule has 2 aromatic heterocycles. The second-order valence-corrected chi connectivity index (χ2v) is 6.66. The third-order valence-electron chi connectivity index (χ3n) is 4.72. The average Bonchev–Trinajstić information content (AvgIpc) is 3.06. The van der Waals surface area contributed by atoms with Gasteiger partial charge in [0.05, 0.1) is 12.0 Å². The number of hydrogen-bond donors (Lipinski definition) is 2. The minimum atomic E-state index is -0.250. The van der Waals surface area contributed by atoms with Crippen LogP contribution in [0.2, 0.25) is 0 Å². The molecule has 1 fully saturated rings. The molecule has 3 aromatic rings. The molecule has 0 aliphatic carbocycles. The minimum Gasteiger partial charge on any atom is -0.483 e. The van der Waals surface area contributed by atoms with Gasteiger partial charge in [-0.15, -0.1) is 0 Å². The van der Waals surface area contributed by atoms with Crippen LogP contribution in [-0.4, -0.2) is 68.5 Å². The Kier molecular flexibility index (Phi) is 7.41. The minimum absolute atomic E-state index is 0.00116. The lowest BCUT2D eigenvalue weighted by molar-refractivity contribution is -0.122. The number of carboxylic acid groups (broad SMARTS) is 1. The first-order chi connectivity index (χ1) is 15.1. The van der Waals surface area contributed by atoms with E-state index in [-0.39, 0.29) is 17.9 Å². The number of benzene rings is 1. The van der Waals surface area contributed by atoms with Gasteiger partial charge < -0.3 is 19.9 Å². The zero-order valence-corrected chi connectivity index (χ0v) is 16.7. The number of rotatable bonds is 3. The Bertz CT molecular complexity index is 1060. The molecule has 1 aliphatic rings. The molecule has 10 nitrogen and oxygen atoms in total. The molecule has 0 saturated carbocycles. The van der Waals surface area contributed by atoms with Gasteiger partial charge in [-0.1, -0.05) is 12.1 Å². The number of aromatic amines is 1. The van der Waals surface area contributed by atoms with Crippen molar-refractivity contribution in [2.45, 2.75) is 6.42 Å². The number of amides is 1. The molecule has 0 bridgehead atoms. The normalized spacial score (nSPS) is 13.5. The van der Waals surface area contributed by atoms with Gasteiger partial charge in [0.1, 0.15) is 0 Å². The molecule has 0 unspecified atom stereocenters. The molecular weight excluding hydrogens is 400 g/mol. The maximum Gasteiger partial charge on any atom is 0.290 e. The second-order valence-electron chi connectivity index (χ2n) is 6.66. The van der Waals surface area contributed by atoms with E-state index in [1.165, 1.54) is 12.4 Å². The van der Waals surface area contributed by atoms with Crippen LogP contribution in [0.3, 0.4) is 0 Å². The Labute approximate surface area is 178 Å². The topological polar surface area (TPSA) is 132 Å². The number of hydrogen-bond acceptors (Lipinski definition) is 7. The Balaban J connectivity index is 0.000000858. The summed E-state index contributed by atoms with van der Waals surface area (Å²) >= 11 is 0. The summed E-state index contributed by atoms with van der Waals surface area (Å²) in [6.07, 6.45) is 5.69. The van der Waals surface area contributed by atoms with Gasteiger partial charge in [-0.3, -0.25) is 14.4 Å². The van der Waals surface area contributed by atoms with Crippen LogP contribution in [0, 0.1) is 0 Å². The van der Waals surface area contributed by atoms with Gasteiger partial charge in [0.2, 0.25) is 5.95 Å². The highest BCUT2D eigenvalue weighted by Gasteiger charge is 2.21. The zero-order chi connectivity index (χ0) is 22.1. The van der Waals surface area contributed by atoms with Gasteiger partial charge in [0, 0.05) is 55.8 Å². The lowest BCUT2D eigenvalue weighted by Crippen LogP contribution is -2.35. The Morgan fingerprint density at radius 2 is 1.74 bits per heavy atom. The third-order valence-corrected chi connectivity index (χ3v) is 4.72. The standard InChI is InChI=1S/C20H20N6O2.CH2O2/c27-18-13-17(23-14-24-18)15-3-5-16(6-4-15)19(28)25-9-2-10-26(12-11-25)20-21-7-1-8-22-20;2-1-3/h1,3-8,13-14H,2,9-12H2,(H,23,24,27);1H,(H,2,3). The van der Waals surface area contributed by atoms with E-state index >= 15 is 0 Å². The molecular formula is C21H22N6O4. The average molecular weight is 422 g/mol. The number of nitrogens with zero attached hydrogens (tertiary/aromatic N) is 5. The maximum atomic E-state index is 12.9. The predicted octanol–water partition coefficient (Wildman–Crippen LogP) is 1.28. The Morgan fingerprint density at radius 3 is 2.42 bits per heavy atom. The van der Waals surface area contributed by atoms with Crippen LogP contribution in [0.1, 0.15) is 16.8 Å². The van der Waals surface area contributed by atoms with Crippen molar-refractivity contribution >= 4 is 18.3 Å². The highest BCUT2D eigenvalue weighted by atomic mass is 16.3. The van der Waals surface area contributed by atoms with Crippen molar-refractivity contribution < 1.29 is 14.7 Å². The fourth-order valence-corrected chi connectivity index (χ4v) is 3.27. The van der Waals surface area contributed by atoms with Crippen LogP contribution >= 0.6 is 0 Å². The summed E-state index contributed by atoms with van der Waals surface area (Å²) < 4.78 is 0. The van der Waals surface area contributed by atoms with E-state index in [9.17, 15) is 9.59 Å². The van der Waals surface area contributed by atoms with Crippen molar-refractivity contribution in [3.8, 4) is 11.3 Å². The number of anilines is 1. The molecule has 0 spiro atoms. The lowest BCUT2D eigenvalue weighted by atomic mass is 10.1. The van der Waals surface area contributed by atoms with Crippen LogP contribution < -0.4 is 10.5 Å². The zero-order valence-electron chi connectivity index (χ0n) is 16.7. The quantitative estimate of drug-likeness (QED) is 0.603. The molecule has 0 atom stereocenters. The van der Waals surface area contributed by atoms with Gasteiger partial charge in [0.15, 0.2) is 0 Å². The van der Waals surface area contributed by atoms with E-state index in [2.05, 4.69) is 24.8 Å². The van der Waals surface area contributed by atoms with Crippen LogP contribution in [-0.2, 0) is 4.79 Å². The molecule has 10 heteroatoms. The van der Waals surface area contributed by atoms with Gasteiger partial charge in [-0.25, -0.2) is 15.0 Å². The summed E-state index contributed by atoms with van der Waals surface area (Å²) in [5.74, 6) is 0.702. The van der Waals surface area contributed by atoms with Gasteiger partial charge in [0.25, 0.3) is 17.9 Å². The molecule has 1 amide bonds. The Morgan fingerprint density at radius 1 is 1.03 bits per heavy atom. The number of H-pyrrole nitrogens is 1. The summed E-state index contributed by atoms with van der Waals surface area (Å²) in [6, 6.07) is 10.4. The first kappa shape index (κ1) is 21.6. The smallest absolute Gasteiger partial charge is 0.290 e. The van der Waals surface area contributed by atoms with Gasteiger partial charge in [-0.2, -0.15) is 0 Å². The largest absolute Gasteiger partial charge is 0.483 e. The first-order valence-electron chi connectivity index (χ1n) is 9.66. The van der Waals surface area contributed by atoms with Gasteiger partial charge >= 0.3 is 0 Å². The van der Waals surface area contributed by atoms with Gasteiger partial charge in [-0.05, 0) is 24.6 Å². The molecule has 2 N–H and O–H groups in total. The molecule has 160 valence electrons. The number of aromatic nitrogens is 4. The molecule has 0 radical (unpaired) electrons. The monoisotopic (exact) mass is 422 g/mol. The van der Waals surface area contributed by atoms with Crippen molar-refractivity contribution in [1.29, 1.82) is 0 Å². The van der Waals surface area contributed by atoms with Crippen molar-refractivity contribution in [3.63, 3.8) is 0 Å². The summed E-state index contributed by atoms with van der Waals surface area (Å²) in [4.78, 5) is 51.9. The highest BCUT2D eigenvalue weighted by Crippen LogP contribution is 2.18. The van der Waals surface area contributed by atoms with Crippen molar-refractivity contribution in [1.82, 2.24) is 24.8 Å². The van der Waals surface area contributed by atoms with Crippen molar-refractivity contribution in [2.24, 2.45) is 0 Å². The van der Waals surface area contributed by atoms with E-state index in [1.54, 1.807) is 30.6 Å². The Hall–Kier alpha value is -4.08. The molecule has 4 rings (SSSR count).